The molecule has 3 rings (SSSR count). The second-order valence-electron chi connectivity index (χ2n) is 5.10. The zero-order valence-corrected chi connectivity index (χ0v) is 17.7. The summed E-state index contributed by atoms with van der Waals surface area (Å²) in [6.45, 7) is 0.569. The van der Waals surface area contributed by atoms with Crippen molar-refractivity contribution in [1.82, 2.24) is 4.57 Å². The minimum absolute atomic E-state index is 0. The first-order valence-corrected chi connectivity index (χ1v) is 9.12. The first-order chi connectivity index (χ1) is 11.7. The van der Waals surface area contributed by atoms with Gasteiger partial charge >= 0.3 is 0 Å². The summed E-state index contributed by atoms with van der Waals surface area (Å²) in [5.74, 6) is 0.805. The molecular weight excluding hydrogens is 468 g/mol. The number of thiazole rings is 1. The predicted molar refractivity (Wildman–Crippen MR) is 111 cm³/mol. The van der Waals surface area contributed by atoms with Crippen molar-refractivity contribution in [3.05, 3.63) is 63.2 Å². The van der Waals surface area contributed by atoms with Crippen molar-refractivity contribution < 1.29 is 9.84 Å². The smallest absolute Gasteiger partial charge is 0.190 e. The van der Waals surface area contributed by atoms with Crippen molar-refractivity contribution in [3.63, 3.8) is 0 Å². The molecule has 1 N–H and O–H groups in total. The fraction of sp³-hybridized carbons (Fsp3) is 0.167. The van der Waals surface area contributed by atoms with Gasteiger partial charge in [-0.25, -0.2) is 4.99 Å². The van der Waals surface area contributed by atoms with Crippen LogP contribution in [-0.4, -0.2) is 23.4 Å². The van der Waals surface area contributed by atoms with Crippen LogP contribution in [0, 0.1) is 0 Å². The Bertz CT molecular complexity index is 871. The van der Waals surface area contributed by atoms with Gasteiger partial charge < -0.3 is 14.4 Å². The average molecular weight is 486 g/mol. The van der Waals surface area contributed by atoms with Gasteiger partial charge in [-0.2, -0.15) is 0 Å². The molecule has 0 saturated carbocycles. The molecule has 7 heteroatoms. The first-order valence-electron chi connectivity index (χ1n) is 7.45. The van der Waals surface area contributed by atoms with E-state index in [9.17, 15) is 5.11 Å². The van der Waals surface area contributed by atoms with Crippen molar-refractivity contribution in [2.75, 3.05) is 13.7 Å². The molecule has 0 aliphatic heterocycles. The Hall–Kier alpha value is -1.41. The zero-order chi connectivity index (χ0) is 16.9. The van der Waals surface area contributed by atoms with Crippen LogP contribution in [0.5, 0.6) is 5.75 Å². The normalized spacial score (nSPS) is 11.2. The summed E-state index contributed by atoms with van der Waals surface area (Å²) in [5, 5.41) is 11.5. The lowest BCUT2D eigenvalue weighted by molar-refractivity contribution is 0.275. The second-order valence-corrected chi connectivity index (χ2v) is 6.85. The molecule has 0 atom stereocenters. The number of halogens is 2. The second kappa shape index (κ2) is 9.33. The van der Waals surface area contributed by atoms with Gasteiger partial charge in [0.1, 0.15) is 5.75 Å². The lowest BCUT2D eigenvalue weighted by atomic mass is 10.2. The van der Waals surface area contributed by atoms with Crippen molar-refractivity contribution in [2.24, 2.45) is 4.99 Å². The maximum absolute atomic E-state index is 9.43. The summed E-state index contributed by atoms with van der Waals surface area (Å²) in [7, 11) is 1.64. The molecule has 1 aromatic heterocycles. The van der Waals surface area contributed by atoms with E-state index in [1.807, 2.05) is 41.0 Å². The van der Waals surface area contributed by atoms with Gasteiger partial charge in [0.25, 0.3) is 0 Å². The van der Waals surface area contributed by atoms with E-state index in [1.54, 1.807) is 18.4 Å². The van der Waals surface area contributed by atoms with E-state index < -0.39 is 0 Å². The van der Waals surface area contributed by atoms with E-state index in [0.717, 1.165) is 32.0 Å². The SMILES string of the molecule is Br.COc1ccc(N=c2scc(-c3ccc(Br)cc3)n2CCO)cc1. The highest BCUT2D eigenvalue weighted by atomic mass is 79.9. The van der Waals surface area contributed by atoms with Gasteiger partial charge in [0.15, 0.2) is 4.80 Å². The van der Waals surface area contributed by atoms with Crippen LogP contribution in [0.25, 0.3) is 11.3 Å². The van der Waals surface area contributed by atoms with E-state index in [0.29, 0.717) is 6.54 Å². The molecule has 0 spiro atoms. The third kappa shape index (κ3) is 4.82. The Morgan fingerprint density at radius 3 is 2.40 bits per heavy atom. The van der Waals surface area contributed by atoms with Crippen molar-refractivity contribution >= 4 is 49.9 Å². The van der Waals surface area contributed by atoms with Gasteiger partial charge in [0.05, 0.1) is 25.1 Å². The van der Waals surface area contributed by atoms with Gasteiger partial charge in [-0.3, -0.25) is 0 Å². The summed E-state index contributed by atoms with van der Waals surface area (Å²) < 4.78 is 8.25. The number of hydrogen-bond acceptors (Lipinski definition) is 4. The maximum atomic E-state index is 9.43. The molecule has 0 fully saturated rings. The molecule has 0 aliphatic rings. The number of ether oxygens (including phenoxy) is 1. The monoisotopic (exact) mass is 484 g/mol. The van der Waals surface area contributed by atoms with E-state index in [1.165, 1.54) is 0 Å². The van der Waals surface area contributed by atoms with Crippen LogP contribution in [0.3, 0.4) is 0 Å². The number of aliphatic hydroxyl groups is 1. The summed E-state index contributed by atoms with van der Waals surface area (Å²) >= 11 is 5.02. The number of aromatic nitrogens is 1. The molecule has 132 valence electrons. The fourth-order valence-electron chi connectivity index (χ4n) is 2.35. The van der Waals surface area contributed by atoms with Crippen LogP contribution in [-0.2, 0) is 6.54 Å². The van der Waals surface area contributed by atoms with Gasteiger partial charge in [0.2, 0.25) is 0 Å². The van der Waals surface area contributed by atoms with Crippen LogP contribution < -0.4 is 9.54 Å². The molecule has 2 aromatic carbocycles. The maximum Gasteiger partial charge on any atom is 0.190 e. The van der Waals surface area contributed by atoms with Crippen molar-refractivity contribution in [1.29, 1.82) is 0 Å². The molecule has 1 heterocycles. The van der Waals surface area contributed by atoms with Gasteiger partial charge in [-0.1, -0.05) is 28.1 Å². The summed E-state index contributed by atoms with van der Waals surface area (Å²) in [6.07, 6.45) is 0. The number of methoxy groups -OCH3 is 1. The van der Waals surface area contributed by atoms with E-state index in [-0.39, 0.29) is 23.6 Å². The highest BCUT2D eigenvalue weighted by Crippen LogP contribution is 2.23. The number of hydrogen-bond donors (Lipinski definition) is 1. The van der Waals surface area contributed by atoms with Crippen LogP contribution in [0.1, 0.15) is 0 Å². The standard InChI is InChI=1S/C18H17BrN2O2S.BrH/c1-23-16-8-6-15(7-9-16)20-18-21(10-11-22)17(12-24-18)13-2-4-14(19)5-3-13;/h2-9,12,22H,10-11H2,1H3;1H. The van der Waals surface area contributed by atoms with E-state index in [2.05, 4.69) is 33.4 Å². The highest BCUT2D eigenvalue weighted by Gasteiger charge is 2.08. The number of nitrogens with zero attached hydrogens (tertiary/aromatic N) is 2. The third-order valence-electron chi connectivity index (χ3n) is 3.56. The van der Waals surface area contributed by atoms with Crippen molar-refractivity contribution in [3.8, 4) is 17.0 Å². The molecule has 0 radical (unpaired) electrons. The van der Waals surface area contributed by atoms with Crippen LogP contribution in [0.4, 0.5) is 5.69 Å². The quantitative estimate of drug-likeness (QED) is 0.564. The Labute approximate surface area is 169 Å². The topological polar surface area (TPSA) is 46.8 Å². The highest BCUT2D eigenvalue weighted by molar-refractivity contribution is 9.10. The Balaban J connectivity index is 0.00000225. The molecule has 3 aromatic rings. The Kier molecular flexibility index (Phi) is 7.43. The Morgan fingerprint density at radius 2 is 1.80 bits per heavy atom. The summed E-state index contributed by atoms with van der Waals surface area (Å²) in [4.78, 5) is 5.56. The summed E-state index contributed by atoms with van der Waals surface area (Å²) in [6, 6.07) is 15.7. The molecule has 0 aliphatic carbocycles. The molecular formula is C18H18Br2N2O2S. The molecule has 0 saturated heterocycles. The van der Waals surface area contributed by atoms with E-state index >= 15 is 0 Å². The number of aliphatic hydroxyl groups excluding tert-OH is 1. The van der Waals surface area contributed by atoms with Gasteiger partial charge in [-0.05, 0) is 42.0 Å². The first kappa shape index (κ1) is 19.9. The van der Waals surface area contributed by atoms with Crippen LogP contribution in [0.2, 0.25) is 0 Å². The largest absolute Gasteiger partial charge is 0.497 e. The molecule has 0 amide bonds. The molecule has 0 unspecified atom stereocenters. The predicted octanol–water partition coefficient (Wildman–Crippen LogP) is 4.79. The third-order valence-corrected chi connectivity index (χ3v) is 4.95. The van der Waals surface area contributed by atoms with Crippen molar-refractivity contribution in [2.45, 2.75) is 6.54 Å². The van der Waals surface area contributed by atoms with E-state index in [4.69, 9.17) is 9.73 Å². The summed E-state index contributed by atoms with van der Waals surface area (Å²) in [5.41, 5.74) is 3.00. The number of benzene rings is 2. The lowest BCUT2D eigenvalue weighted by Gasteiger charge is -2.07. The minimum Gasteiger partial charge on any atom is -0.497 e. The van der Waals surface area contributed by atoms with Gasteiger partial charge in [0, 0.05) is 16.4 Å². The fourth-order valence-corrected chi connectivity index (χ4v) is 3.57. The van der Waals surface area contributed by atoms with Crippen LogP contribution >= 0.6 is 44.2 Å². The number of rotatable bonds is 5. The van der Waals surface area contributed by atoms with Gasteiger partial charge in [-0.15, -0.1) is 28.3 Å². The minimum atomic E-state index is 0. The molecule has 0 bridgehead atoms. The lowest BCUT2D eigenvalue weighted by Crippen LogP contribution is -2.17. The molecule has 25 heavy (non-hydrogen) atoms. The van der Waals surface area contributed by atoms with Crippen LogP contribution in [0.15, 0.2) is 63.4 Å². The zero-order valence-electron chi connectivity index (χ0n) is 13.6. The Morgan fingerprint density at radius 1 is 1.12 bits per heavy atom. The molecule has 4 nitrogen and oxygen atoms in total. The average Bonchev–Trinajstić information content (AvgIpc) is 2.99.